The highest BCUT2D eigenvalue weighted by atomic mass is 35.5. The number of carbonyl (C=O) groups is 1. The fraction of sp³-hybridized carbons (Fsp3) is 0.167. The van der Waals surface area contributed by atoms with Gasteiger partial charge < -0.3 is 14.8 Å². The van der Waals surface area contributed by atoms with Gasteiger partial charge in [0.2, 0.25) is 0 Å². The van der Waals surface area contributed by atoms with Crippen LogP contribution in [0.1, 0.15) is 29.1 Å². The van der Waals surface area contributed by atoms with E-state index in [1.165, 1.54) is 0 Å². The van der Waals surface area contributed by atoms with Crippen LogP contribution >= 0.6 is 11.6 Å². The number of aliphatic hydroxyl groups is 1. The molecular weight excluding hydrogens is 314 g/mol. The number of furan rings is 1. The molecule has 3 aromatic rings. The molecule has 2 unspecified atom stereocenters. The van der Waals surface area contributed by atoms with Gasteiger partial charge in [-0.15, -0.1) is 0 Å². The van der Waals surface area contributed by atoms with Crippen LogP contribution in [0.3, 0.4) is 0 Å². The van der Waals surface area contributed by atoms with E-state index in [9.17, 15) is 9.90 Å². The maximum atomic E-state index is 12.3. The van der Waals surface area contributed by atoms with Crippen molar-refractivity contribution in [2.24, 2.45) is 0 Å². The van der Waals surface area contributed by atoms with Crippen LogP contribution in [0.2, 0.25) is 5.02 Å². The van der Waals surface area contributed by atoms with E-state index in [0.717, 1.165) is 5.39 Å². The Kier molecular flexibility index (Phi) is 4.37. The summed E-state index contributed by atoms with van der Waals surface area (Å²) in [5, 5.41) is 14.5. The lowest BCUT2D eigenvalue weighted by Crippen LogP contribution is -2.36. The van der Waals surface area contributed by atoms with Crippen LogP contribution in [-0.2, 0) is 0 Å². The van der Waals surface area contributed by atoms with Crippen LogP contribution in [0.5, 0.6) is 0 Å². The van der Waals surface area contributed by atoms with Crippen molar-refractivity contribution in [1.29, 1.82) is 0 Å². The van der Waals surface area contributed by atoms with Crippen molar-refractivity contribution in [1.82, 2.24) is 5.32 Å². The van der Waals surface area contributed by atoms with Crippen LogP contribution in [-0.4, -0.2) is 17.1 Å². The number of nitrogens with one attached hydrogen (secondary N) is 1. The minimum atomic E-state index is -0.833. The molecule has 0 spiro atoms. The molecule has 2 atom stereocenters. The Morgan fingerprint density at radius 2 is 1.87 bits per heavy atom. The summed E-state index contributed by atoms with van der Waals surface area (Å²) in [5.41, 5.74) is 1.34. The van der Waals surface area contributed by atoms with Gasteiger partial charge in [-0.05, 0) is 36.8 Å². The number of para-hydroxylation sites is 1. The fourth-order valence-corrected chi connectivity index (χ4v) is 2.53. The minimum absolute atomic E-state index is 0.223. The first-order chi connectivity index (χ1) is 11.0. The van der Waals surface area contributed by atoms with Crippen molar-refractivity contribution in [2.45, 2.75) is 19.1 Å². The SMILES string of the molecule is CC(NC(=O)c1cc2ccccc2o1)C(O)c1ccc(Cl)cc1. The van der Waals surface area contributed by atoms with E-state index < -0.39 is 12.1 Å². The summed E-state index contributed by atoms with van der Waals surface area (Å²) in [6, 6.07) is 15.5. The van der Waals surface area contributed by atoms with E-state index in [-0.39, 0.29) is 11.7 Å². The fourth-order valence-electron chi connectivity index (χ4n) is 2.40. The van der Waals surface area contributed by atoms with Gasteiger partial charge in [-0.1, -0.05) is 41.9 Å². The number of benzene rings is 2. The number of aliphatic hydroxyl groups excluding tert-OH is 1. The van der Waals surface area contributed by atoms with E-state index in [1.807, 2.05) is 18.2 Å². The second kappa shape index (κ2) is 6.44. The zero-order valence-electron chi connectivity index (χ0n) is 12.5. The average Bonchev–Trinajstić information content (AvgIpc) is 2.99. The largest absolute Gasteiger partial charge is 0.451 e. The van der Waals surface area contributed by atoms with E-state index in [2.05, 4.69) is 5.32 Å². The monoisotopic (exact) mass is 329 g/mol. The maximum Gasteiger partial charge on any atom is 0.287 e. The summed E-state index contributed by atoms with van der Waals surface area (Å²) >= 11 is 5.84. The zero-order valence-corrected chi connectivity index (χ0v) is 13.2. The Labute approximate surface area is 138 Å². The molecule has 1 amide bonds. The van der Waals surface area contributed by atoms with Gasteiger partial charge in [0, 0.05) is 10.4 Å². The normalized spacial score (nSPS) is 13.7. The molecule has 2 N–H and O–H groups in total. The summed E-state index contributed by atoms with van der Waals surface area (Å²) in [6.45, 7) is 1.74. The summed E-state index contributed by atoms with van der Waals surface area (Å²) in [6.07, 6.45) is -0.833. The first-order valence-electron chi connectivity index (χ1n) is 7.27. The molecule has 1 aromatic heterocycles. The van der Waals surface area contributed by atoms with Crippen molar-refractivity contribution in [2.75, 3.05) is 0 Å². The molecule has 1 heterocycles. The van der Waals surface area contributed by atoms with Gasteiger partial charge in [-0.3, -0.25) is 4.79 Å². The highest BCUT2D eigenvalue weighted by Gasteiger charge is 2.21. The first kappa shape index (κ1) is 15.6. The Morgan fingerprint density at radius 1 is 1.17 bits per heavy atom. The van der Waals surface area contributed by atoms with Crippen LogP contribution in [0.4, 0.5) is 0 Å². The predicted molar refractivity (Wildman–Crippen MR) is 89.6 cm³/mol. The number of rotatable bonds is 4. The molecule has 0 bridgehead atoms. The van der Waals surface area contributed by atoms with Crippen molar-refractivity contribution < 1.29 is 14.3 Å². The van der Waals surface area contributed by atoms with Crippen LogP contribution in [0.25, 0.3) is 11.0 Å². The Balaban J connectivity index is 1.72. The van der Waals surface area contributed by atoms with Gasteiger partial charge >= 0.3 is 0 Å². The summed E-state index contributed by atoms with van der Waals surface area (Å²) in [5.74, 6) is -0.136. The zero-order chi connectivity index (χ0) is 16.4. The molecule has 0 fully saturated rings. The molecule has 118 valence electrons. The predicted octanol–water partition coefficient (Wildman–Crippen LogP) is 3.94. The lowest BCUT2D eigenvalue weighted by atomic mass is 10.0. The molecule has 0 aliphatic rings. The maximum absolute atomic E-state index is 12.3. The molecule has 3 rings (SSSR count). The van der Waals surface area contributed by atoms with Crippen molar-refractivity contribution in [3.63, 3.8) is 0 Å². The summed E-state index contributed by atoms with van der Waals surface area (Å²) in [7, 11) is 0. The quantitative estimate of drug-likeness (QED) is 0.762. The van der Waals surface area contributed by atoms with E-state index in [0.29, 0.717) is 16.2 Å². The van der Waals surface area contributed by atoms with Gasteiger partial charge in [0.25, 0.3) is 5.91 Å². The standard InChI is InChI=1S/C18H16ClNO3/c1-11(17(21)12-6-8-14(19)9-7-12)20-18(22)16-10-13-4-2-3-5-15(13)23-16/h2-11,17,21H,1H3,(H,20,22). The number of carbonyl (C=O) groups excluding carboxylic acids is 1. The molecule has 23 heavy (non-hydrogen) atoms. The summed E-state index contributed by atoms with van der Waals surface area (Å²) < 4.78 is 5.52. The Hall–Kier alpha value is -2.30. The molecule has 0 saturated heterocycles. The van der Waals surface area contributed by atoms with Crippen LogP contribution < -0.4 is 5.32 Å². The number of halogens is 1. The molecule has 0 radical (unpaired) electrons. The van der Waals surface area contributed by atoms with Crippen LogP contribution in [0, 0.1) is 0 Å². The molecule has 2 aromatic carbocycles. The molecular formula is C18H16ClNO3. The third kappa shape index (κ3) is 3.38. The third-order valence-electron chi connectivity index (χ3n) is 3.69. The van der Waals surface area contributed by atoms with Gasteiger partial charge in [0.1, 0.15) is 5.58 Å². The molecule has 0 aliphatic heterocycles. The van der Waals surface area contributed by atoms with E-state index >= 15 is 0 Å². The van der Waals surface area contributed by atoms with Crippen molar-refractivity contribution >= 4 is 28.5 Å². The highest BCUT2D eigenvalue weighted by molar-refractivity contribution is 6.30. The molecule has 0 aliphatic carbocycles. The number of fused-ring (bicyclic) bond motifs is 1. The Morgan fingerprint density at radius 3 is 2.57 bits per heavy atom. The van der Waals surface area contributed by atoms with E-state index in [4.69, 9.17) is 16.0 Å². The number of hydrogen-bond donors (Lipinski definition) is 2. The Bertz CT molecular complexity index is 793. The number of hydrogen-bond acceptors (Lipinski definition) is 3. The number of amides is 1. The van der Waals surface area contributed by atoms with Crippen LogP contribution in [0.15, 0.2) is 59.0 Å². The summed E-state index contributed by atoms with van der Waals surface area (Å²) in [4.78, 5) is 12.3. The minimum Gasteiger partial charge on any atom is -0.451 e. The lowest BCUT2D eigenvalue weighted by Gasteiger charge is -2.20. The third-order valence-corrected chi connectivity index (χ3v) is 3.95. The van der Waals surface area contributed by atoms with Crippen molar-refractivity contribution in [3.05, 3.63) is 70.9 Å². The second-order valence-electron chi connectivity index (χ2n) is 5.41. The van der Waals surface area contributed by atoms with Crippen molar-refractivity contribution in [3.8, 4) is 0 Å². The van der Waals surface area contributed by atoms with E-state index in [1.54, 1.807) is 43.3 Å². The van der Waals surface area contributed by atoms with Gasteiger partial charge in [-0.2, -0.15) is 0 Å². The molecule has 4 nitrogen and oxygen atoms in total. The highest BCUT2D eigenvalue weighted by Crippen LogP contribution is 2.21. The second-order valence-corrected chi connectivity index (χ2v) is 5.84. The van der Waals surface area contributed by atoms with Gasteiger partial charge in [0.15, 0.2) is 5.76 Å². The lowest BCUT2D eigenvalue weighted by molar-refractivity contribution is 0.0828. The average molecular weight is 330 g/mol. The van der Waals surface area contributed by atoms with Gasteiger partial charge in [-0.25, -0.2) is 0 Å². The topological polar surface area (TPSA) is 62.5 Å². The molecule has 5 heteroatoms. The molecule has 0 saturated carbocycles. The first-order valence-corrected chi connectivity index (χ1v) is 7.65. The smallest absolute Gasteiger partial charge is 0.287 e. The van der Waals surface area contributed by atoms with Gasteiger partial charge in [0.05, 0.1) is 12.1 Å².